The largest absolute Gasteiger partial charge is 0.356 e. The van der Waals surface area contributed by atoms with E-state index in [2.05, 4.69) is 10.2 Å². The smallest absolute Gasteiger partial charge is 0.223 e. The monoisotopic (exact) mass is 320 g/mol. The van der Waals surface area contributed by atoms with Crippen molar-refractivity contribution in [3.63, 3.8) is 0 Å². The summed E-state index contributed by atoms with van der Waals surface area (Å²) in [4.78, 5) is 14.8. The van der Waals surface area contributed by atoms with Crippen LogP contribution in [0, 0.1) is 23.5 Å². The van der Waals surface area contributed by atoms with Crippen LogP contribution in [-0.4, -0.2) is 36.5 Å². The van der Waals surface area contributed by atoms with E-state index in [-0.39, 0.29) is 17.7 Å². The summed E-state index contributed by atoms with van der Waals surface area (Å²) in [5.41, 5.74) is 0.465. The highest BCUT2D eigenvalue weighted by Gasteiger charge is 2.45. The number of nitrogens with one attached hydrogen (secondary N) is 1. The lowest BCUT2D eigenvalue weighted by molar-refractivity contribution is -0.122. The predicted octanol–water partition coefficient (Wildman–Crippen LogP) is 2.67. The molecule has 0 radical (unpaired) electrons. The summed E-state index contributed by atoms with van der Waals surface area (Å²) in [5, 5.41) is 3.03. The maximum absolute atomic E-state index is 13.8. The third-order valence-electron chi connectivity index (χ3n) is 5.43. The SMILES string of the molecule is O=C(NC[C@@H]1CCN(C2CC2)C1)[C@@H]1C[C@H]1c1ccc(F)cc1F. The zero-order chi connectivity index (χ0) is 16.0. The fraction of sp³-hybridized carbons (Fsp3) is 0.611. The molecule has 1 heterocycles. The topological polar surface area (TPSA) is 32.3 Å². The molecule has 5 heteroatoms. The van der Waals surface area contributed by atoms with Crippen LogP contribution in [0.2, 0.25) is 0 Å². The molecule has 1 N–H and O–H groups in total. The van der Waals surface area contributed by atoms with Crippen molar-refractivity contribution in [1.29, 1.82) is 0 Å². The van der Waals surface area contributed by atoms with E-state index < -0.39 is 11.6 Å². The molecule has 124 valence electrons. The summed E-state index contributed by atoms with van der Waals surface area (Å²) in [6, 6.07) is 4.42. The van der Waals surface area contributed by atoms with Gasteiger partial charge < -0.3 is 10.2 Å². The number of halogens is 2. The van der Waals surface area contributed by atoms with Crippen LogP contribution in [0.3, 0.4) is 0 Å². The van der Waals surface area contributed by atoms with E-state index in [4.69, 9.17) is 0 Å². The molecule has 1 aromatic rings. The lowest BCUT2D eigenvalue weighted by atomic mass is 10.1. The van der Waals surface area contributed by atoms with Crippen molar-refractivity contribution in [2.45, 2.75) is 37.6 Å². The molecule has 2 aliphatic carbocycles. The van der Waals surface area contributed by atoms with Crippen molar-refractivity contribution < 1.29 is 13.6 Å². The molecule has 1 amide bonds. The molecular weight excluding hydrogens is 298 g/mol. The van der Waals surface area contributed by atoms with Crippen molar-refractivity contribution in [3.05, 3.63) is 35.4 Å². The molecule has 3 aliphatic rings. The maximum atomic E-state index is 13.8. The van der Waals surface area contributed by atoms with Crippen LogP contribution in [0.15, 0.2) is 18.2 Å². The van der Waals surface area contributed by atoms with Gasteiger partial charge in [-0.15, -0.1) is 0 Å². The first-order chi connectivity index (χ1) is 11.1. The molecule has 0 unspecified atom stereocenters. The minimum atomic E-state index is -0.575. The van der Waals surface area contributed by atoms with E-state index in [1.165, 1.54) is 25.0 Å². The Bertz CT molecular complexity index is 617. The van der Waals surface area contributed by atoms with Crippen LogP contribution >= 0.6 is 0 Å². The van der Waals surface area contributed by atoms with Crippen LogP contribution in [0.5, 0.6) is 0 Å². The standard InChI is InChI=1S/C18H22F2N2O/c19-12-1-4-14(17(20)7-12)15-8-16(15)18(23)21-9-11-5-6-22(10-11)13-2-3-13/h1,4,7,11,13,15-16H,2-3,5-6,8-10H2,(H,21,23)/t11-,15-,16+/m0/s1. The molecule has 3 atom stereocenters. The number of rotatable bonds is 5. The maximum Gasteiger partial charge on any atom is 0.223 e. The van der Waals surface area contributed by atoms with Gasteiger partial charge in [-0.2, -0.15) is 0 Å². The first-order valence-corrected chi connectivity index (χ1v) is 8.58. The third kappa shape index (κ3) is 3.25. The van der Waals surface area contributed by atoms with Crippen molar-refractivity contribution in [2.75, 3.05) is 19.6 Å². The number of hydrogen-bond acceptors (Lipinski definition) is 2. The Morgan fingerprint density at radius 3 is 2.83 bits per heavy atom. The average Bonchev–Trinajstić information content (AvgIpc) is 3.44. The van der Waals surface area contributed by atoms with Crippen molar-refractivity contribution >= 4 is 5.91 Å². The van der Waals surface area contributed by atoms with Crippen molar-refractivity contribution in [2.24, 2.45) is 11.8 Å². The number of benzene rings is 1. The highest BCUT2D eigenvalue weighted by atomic mass is 19.1. The second kappa shape index (κ2) is 5.86. The molecule has 0 spiro atoms. The summed E-state index contributed by atoms with van der Waals surface area (Å²) in [5.74, 6) is -0.809. The second-order valence-corrected chi connectivity index (χ2v) is 7.24. The molecule has 0 aromatic heterocycles. The summed E-state index contributed by atoms with van der Waals surface area (Å²) >= 11 is 0. The molecule has 1 aliphatic heterocycles. The van der Waals surface area contributed by atoms with Gasteiger partial charge in [0.2, 0.25) is 5.91 Å². The second-order valence-electron chi connectivity index (χ2n) is 7.24. The molecule has 3 fully saturated rings. The summed E-state index contributed by atoms with van der Waals surface area (Å²) < 4.78 is 26.7. The molecule has 1 aromatic carbocycles. The Balaban J connectivity index is 1.26. The van der Waals surface area contributed by atoms with Gasteiger partial charge in [-0.3, -0.25) is 4.79 Å². The molecular formula is C18H22F2N2O. The number of likely N-dealkylation sites (tertiary alicyclic amines) is 1. The molecule has 23 heavy (non-hydrogen) atoms. The fourth-order valence-electron chi connectivity index (χ4n) is 3.81. The zero-order valence-electron chi connectivity index (χ0n) is 13.1. The molecule has 1 saturated heterocycles. The lowest BCUT2D eigenvalue weighted by Gasteiger charge is -2.15. The number of hydrogen-bond donors (Lipinski definition) is 1. The summed E-state index contributed by atoms with van der Waals surface area (Å²) in [6.07, 6.45) is 4.46. The fourth-order valence-corrected chi connectivity index (χ4v) is 3.81. The first-order valence-electron chi connectivity index (χ1n) is 8.58. The van der Waals surface area contributed by atoms with Gasteiger partial charge in [0.05, 0.1) is 0 Å². The van der Waals surface area contributed by atoms with Crippen LogP contribution < -0.4 is 5.32 Å². The Morgan fingerprint density at radius 1 is 1.26 bits per heavy atom. The summed E-state index contributed by atoms with van der Waals surface area (Å²) in [6.45, 7) is 2.96. The van der Waals surface area contributed by atoms with Crippen LogP contribution in [-0.2, 0) is 4.79 Å². The van der Waals surface area contributed by atoms with Gasteiger partial charge in [-0.05, 0) is 55.7 Å². The average molecular weight is 320 g/mol. The number of carbonyl (C=O) groups is 1. The van der Waals surface area contributed by atoms with E-state index in [1.807, 2.05) is 0 Å². The number of carbonyl (C=O) groups excluding carboxylic acids is 1. The van der Waals surface area contributed by atoms with Gasteiger partial charge in [0.15, 0.2) is 0 Å². The number of nitrogens with zero attached hydrogens (tertiary/aromatic N) is 1. The van der Waals surface area contributed by atoms with Crippen LogP contribution in [0.1, 0.15) is 37.2 Å². The Kier molecular flexibility index (Phi) is 3.84. The third-order valence-corrected chi connectivity index (χ3v) is 5.43. The van der Waals surface area contributed by atoms with Crippen molar-refractivity contribution in [1.82, 2.24) is 10.2 Å². The van der Waals surface area contributed by atoms with E-state index in [1.54, 1.807) is 0 Å². The molecule has 2 saturated carbocycles. The Hall–Kier alpha value is -1.49. The Labute approximate surface area is 135 Å². The van der Waals surface area contributed by atoms with Crippen molar-refractivity contribution in [3.8, 4) is 0 Å². The first kappa shape index (κ1) is 15.1. The molecule has 3 nitrogen and oxygen atoms in total. The summed E-state index contributed by atoms with van der Waals surface area (Å²) in [7, 11) is 0. The zero-order valence-corrected chi connectivity index (χ0v) is 13.1. The van der Waals surface area contributed by atoms with Gasteiger partial charge in [0.25, 0.3) is 0 Å². The number of amides is 1. The van der Waals surface area contributed by atoms with Gasteiger partial charge in [0, 0.05) is 31.1 Å². The normalized spacial score (nSPS) is 30.4. The quantitative estimate of drug-likeness (QED) is 0.905. The highest BCUT2D eigenvalue weighted by molar-refractivity contribution is 5.82. The highest BCUT2D eigenvalue weighted by Crippen LogP contribution is 2.48. The van der Waals surface area contributed by atoms with Gasteiger partial charge in [-0.1, -0.05) is 6.07 Å². The predicted molar refractivity (Wildman–Crippen MR) is 82.9 cm³/mol. The minimum Gasteiger partial charge on any atom is -0.356 e. The van der Waals surface area contributed by atoms with E-state index >= 15 is 0 Å². The Morgan fingerprint density at radius 2 is 2.09 bits per heavy atom. The van der Waals surface area contributed by atoms with E-state index in [0.29, 0.717) is 17.9 Å². The van der Waals surface area contributed by atoms with Gasteiger partial charge in [-0.25, -0.2) is 8.78 Å². The van der Waals surface area contributed by atoms with Crippen LogP contribution in [0.25, 0.3) is 0 Å². The van der Waals surface area contributed by atoms with Gasteiger partial charge in [0.1, 0.15) is 11.6 Å². The molecule has 4 rings (SSSR count). The van der Waals surface area contributed by atoms with E-state index in [0.717, 1.165) is 38.2 Å². The van der Waals surface area contributed by atoms with Crippen LogP contribution in [0.4, 0.5) is 8.78 Å². The van der Waals surface area contributed by atoms with Gasteiger partial charge >= 0.3 is 0 Å². The lowest BCUT2D eigenvalue weighted by Crippen LogP contribution is -2.32. The van der Waals surface area contributed by atoms with E-state index in [9.17, 15) is 13.6 Å². The minimum absolute atomic E-state index is 0.0172. The molecule has 0 bridgehead atoms.